The monoisotopic (exact) mass is 332 g/mol. The van der Waals surface area contributed by atoms with Gasteiger partial charge in [-0.25, -0.2) is 0 Å². The molecular formula is C10H8N2O7S2. The fourth-order valence-electron chi connectivity index (χ4n) is 1.92. The van der Waals surface area contributed by atoms with Gasteiger partial charge in [-0.05, 0) is 24.3 Å². The highest BCUT2D eigenvalue weighted by molar-refractivity contribution is 7.95. The van der Waals surface area contributed by atoms with Gasteiger partial charge in [0.15, 0.2) is 6.10 Å². The highest BCUT2D eigenvalue weighted by Gasteiger charge is 2.36. The maximum Gasteiger partial charge on any atom is 0.331 e. The van der Waals surface area contributed by atoms with E-state index in [4.69, 9.17) is 14.6 Å². The van der Waals surface area contributed by atoms with E-state index in [0.717, 1.165) is 18.2 Å². The average Bonchev–Trinajstić information content (AvgIpc) is 2.35. The van der Waals surface area contributed by atoms with Crippen LogP contribution in [0.5, 0.6) is 0 Å². The smallest absolute Gasteiger partial charge is 0.331 e. The zero-order chi connectivity index (χ0) is 16.0. The van der Waals surface area contributed by atoms with Crippen molar-refractivity contribution in [2.75, 3.05) is 0 Å². The van der Waals surface area contributed by atoms with Crippen molar-refractivity contribution in [3.05, 3.63) is 40.9 Å². The van der Waals surface area contributed by atoms with E-state index >= 15 is 0 Å². The van der Waals surface area contributed by atoms with Gasteiger partial charge in [0.25, 0.3) is 20.2 Å². The number of aliphatic hydroxyl groups is 1. The second-order valence-electron chi connectivity index (χ2n) is 4.12. The van der Waals surface area contributed by atoms with Gasteiger partial charge in [-0.3, -0.25) is 9.11 Å². The molecule has 1 aliphatic rings. The highest BCUT2D eigenvalue weighted by atomic mass is 32.2. The Morgan fingerprint density at radius 1 is 1.05 bits per heavy atom. The molecule has 1 aromatic carbocycles. The van der Waals surface area contributed by atoms with Crippen LogP contribution in [-0.4, -0.2) is 47.7 Å². The number of fused-ring (bicyclic) bond motifs is 1. The number of hydrogen-bond acceptors (Lipinski definition) is 5. The first-order valence-electron chi connectivity index (χ1n) is 5.27. The van der Waals surface area contributed by atoms with Crippen LogP contribution in [0.25, 0.3) is 10.4 Å². The Morgan fingerprint density at radius 2 is 1.67 bits per heavy atom. The zero-order valence-corrected chi connectivity index (χ0v) is 11.7. The molecule has 0 saturated heterocycles. The van der Waals surface area contributed by atoms with Gasteiger partial charge in [0, 0.05) is 5.56 Å². The molecule has 0 fully saturated rings. The largest absolute Gasteiger partial charge is 0.377 e. The number of aliphatic hydroxyl groups excluding tert-OH is 1. The third kappa shape index (κ3) is 2.78. The van der Waals surface area contributed by atoms with Gasteiger partial charge in [-0.1, -0.05) is 0 Å². The summed E-state index contributed by atoms with van der Waals surface area (Å²) < 4.78 is 62.9. The molecule has 21 heavy (non-hydrogen) atoms. The van der Waals surface area contributed by atoms with E-state index in [0.29, 0.717) is 6.08 Å². The summed E-state index contributed by atoms with van der Waals surface area (Å²) in [6.45, 7) is 0. The maximum absolute atomic E-state index is 11.3. The van der Waals surface area contributed by atoms with Crippen molar-refractivity contribution in [2.45, 2.75) is 11.0 Å². The van der Waals surface area contributed by atoms with Crippen LogP contribution in [0.3, 0.4) is 0 Å². The predicted octanol–water partition coefficient (Wildman–Crippen LogP) is -0.445. The van der Waals surface area contributed by atoms with Crippen molar-refractivity contribution in [2.24, 2.45) is 0 Å². The number of rotatable bonds is 2. The van der Waals surface area contributed by atoms with Gasteiger partial charge in [0.2, 0.25) is 0 Å². The van der Waals surface area contributed by atoms with Crippen LogP contribution >= 0.6 is 0 Å². The molecule has 0 aromatic heterocycles. The Bertz CT molecular complexity index is 909. The third-order valence-electron chi connectivity index (χ3n) is 2.81. The quantitative estimate of drug-likeness (QED) is 0.375. The summed E-state index contributed by atoms with van der Waals surface area (Å²) in [5.74, 6) is 0. The van der Waals surface area contributed by atoms with Gasteiger partial charge in [-0.2, -0.15) is 21.6 Å². The van der Waals surface area contributed by atoms with Crippen molar-refractivity contribution < 1.29 is 35.8 Å². The summed E-state index contributed by atoms with van der Waals surface area (Å²) in [6, 6.07) is 2.75. The first kappa shape index (κ1) is 15.5. The highest BCUT2D eigenvalue weighted by Crippen LogP contribution is 2.31. The molecule has 0 aliphatic heterocycles. The Morgan fingerprint density at radius 3 is 2.14 bits per heavy atom. The van der Waals surface area contributed by atoms with Crippen LogP contribution < -0.4 is 0 Å². The van der Waals surface area contributed by atoms with Crippen LogP contribution in [0.2, 0.25) is 0 Å². The molecule has 1 atom stereocenters. The molecule has 112 valence electrons. The zero-order valence-electron chi connectivity index (χ0n) is 10.1. The van der Waals surface area contributed by atoms with E-state index in [1.807, 2.05) is 0 Å². The van der Waals surface area contributed by atoms with Gasteiger partial charge in [0.1, 0.15) is 4.91 Å². The summed E-state index contributed by atoms with van der Waals surface area (Å²) >= 11 is 0. The van der Waals surface area contributed by atoms with Crippen LogP contribution in [0.1, 0.15) is 11.1 Å². The lowest BCUT2D eigenvalue weighted by atomic mass is 9.93. The van der Waals surface area contributed by atoms with Gasteiger partial charge in [0.05, 0.1) is 10.5 Å². The molecule has 1 aliphatic carbocycles. The molecule has 0 radical (unpaired) electrons. The molecular weight excluding hydrogens is 324 g/mol. The van der Waals surface area contributed by atoms with E-state index in [-0.39, 0.29) is 16.8 Å². The summed E-state index contributed by atoms with van der Waals surface area (Å²) in [5, 5.41) is 9.67. The van der Waals surface area contributed by atoms with Gasteiger partial charge >= 0.3 is 5.71 Å². The lowest BCUT2D eigenvalue weighted by Gasteiger charge is -2.16. The molecule has 11 heteroatoms. The van der Waals surface area contributed by atoms with Crippen molar-refractivity contribution >= 4 is 30.9 Å². The fraction of sp³-hybridized carbons (Fsp3) is 0.100. The lowest BCUT2D eigenvalue weighted by molar-refractivity contribution is -0.0158. The summed E-state index contributed by atoms with van der Waals surface area (Å²) in [5.41, 5.74) is 8.08. The van der Waals surface area contributed by atoms with Crippen LogP contribution in [0.4, 0.5) is 0 Å². The van der Waals surface area contributed by atoms with E-state index in [1.54, 1.807) is 0 Å². The molecule has 3 N–H and O–H groups in total. The minimum Gasteiger partial charge on any atom is -0.377 e. The van der Waals surface area contributed by atoms with Crippen LogP contribution in [0.15, 0.2) is 29.2 Å². The Balaban J connectivity index is 2.88. The minimum absolute atomic E-state index is 0.104. The third-order valence-corrected chi connectivity index (χ3v) is 4.57. The normalized spacial score (nSPS) is 18.7. The molecule has 0 bridgehead atoms. The van der Waals surface area contributed by atoms with Crippen molar-refractivity contribution in [1.29, 1.82) is 0 Å². The molecule has 1 unspecified atom stereocenters. The second-order valence-corrected chi connectivity index (χ2v) is 6.93. The first-order chi connectivity index (χ1) is 9.55. The first-order valence-corrected chi connectivity index (χ1v) is 8.15. The lowest BCUT2D eigenvalue weighted by Crippen LogP contribution is -2.27. The van der Waals surface area contributed by atoms with Crippen molar-refractivity contribution in [3.8, 4) is 0 Å². The summed E-state index contributed by atoms with van der Waals surface area (Å²) in [4.78, 5) is 1.43. The topological polar surface area (TPSA) is 165 Å². The van der Waals surface area contributed by atoms with Crippen LogP contribution in [0, 0.1) is 0 Å². The Hall–Kier alpha value is -1.88. The average molecular weight is 332 g/mol. The molecule has 0 amide bonds. The fourth-order valence-corrected chi connectivity index (χ4v) is 3.17. The van der Waals surface area contributed by atoms with Crippen LogP contribution in [-0.2, 0) is 20.2 Å². The van der Waals surface area contributed by atoms with E-state index in [1.165, 1.54) is 0 Å². The Kier molecular flexibility index (Phi) is 3.58. The number of benzene rings is 1. The van der Waals surface area contributed by atoms with Crippen molar-refractivity contribution in [3.63, 3.8) is 0 Å². The molecule has 0 spiro atoms. The molecule has 0 saturated carbocycles. The summed E-state index contributed by atoms with van der Waals surface area (Å²) in [6.07, 6.45) is -0.934. The number of hydrogen-bond donors (Lipinski definition) is 3. The Labute approximate surface area is 119 Å². The second kappa shape index (κ2) is 4.84. The number of nitrogens with zero attached hydrogens (tertiary/aromatic N) is 2. The van der Waals surface area contributed by atoms with Gasteiger partial charge < -0.3 is 10.6 Å². The minimum atomic E-state index is -4.78. The molecule has 1 aromatic rings. The van der Waals surface area contributed by atoms with E-state index in [9.17, 15) is 21.9 Å². The predicted molar refractivity (Wildman–Crippen MR) is 69.5 cm³/mol. The van der Waals surface area contributed by atoms with E-state index < -0.39 is 36.1 Å². The molecule has 2 rings (SSSR count). The summed E-state index contributed by atoms with van der Waals surface area (Å²) in [7, 11) is -9.39. The molecule has 0 heterocycles. The maximum atomic E-state index is 11.3. The van der Waals surface area contributed by atoms with Gasteiger partial charge in [-0.15, -0.1) is 0 Å². The SMILES string of the molecule is [N-]=[N+]=C1c2ccc(S(=O)(=O)O)cc2C(S(=O)(=O)O)=CC1O. The molecule has 9 nitrogen and oxygen atoms in total. The standard InChI is InChI=1S/C10H8N2O7S2/c11-12-10-6-2-1-5(20(14,15)16)3-7(6)9(4-8(10)13)21(17,18)19/h1-4,8,13H,(H,14,15,16)(H,17,18,19). The van der Waals surface area contributed by atoms with Crippen molar-refractivity contribution in [1.82, 2.24) is 0 Å². The van der Waals surface area contributed by atoms with E-state index in [2.05, 4.69) is 4.79 Å².